The topological polar surface area (TPSA) is 41.6 Å². The third-order valence-electron chi connectivity index (χ3n) is 1.42. The van der Waals surface area contributed by atoms with E-state index in [0.717, 1.165) is 12.0 Å². The van der Waals surface area contributed by atoms with E-state index in [1.54, 1.807) is 6.92 Å². The SMILES string of the molecule is Cc1nc2ncc(F)cc2[nH]1. The van der Waals surface area contributed by atoms with Crippen molar-refractivity contribution in [2.24, 2.45) is 0 Å². The smallest absolute Gasteiger partial charge is 0.177 e. The van der Waals surface area contributed by atoms with Crippen LogP contribution < -0.4 is 0 Å². The largest absolute Gasteiger partial charge is 0.341 e. The fourth-order valence-electron chi connectivity index (χ4n) is 0.995. The number of hydrogen-bond acceptors (Lipinski definition) is 2. The first-order valence-electron chi connectivity index (χ1n) is 3.23. The summed E-state index contributed by atoms with van der Waals surface area (Å²) >= 11 is 0. The number of aromatic nitrogens is 3. The van der Waals surface area contributed by atoms with Crippen molar-refractivity contribution in [3.05, 3.63) is 23.9 Å². The van der Waals surface area contributed by atoms with E-state index < -0.39 is 0 Å². The van der Waals surface area contributed by atoms with Gasteiger partial charge in [-0.25, -0.2) is 14.4 Å². The summed E-state index contributed by atoms with van der Waals surface area (Å²) in [5.41, 5.74) is 1.20. The second-order valence-corrected chi connectivity index (χ2v) is 2.35. The number of pyridine rings is 1. The Balaban J connectivity index is 2.82. The maximum absolute atomic E-state index is 12.5. The molecule has 1 N–H and O–H groups in total. The first-order valence-corrected chi connectivity index (χ1v) is 3.23. The number of hydrogen-bond donors (Lipinski definition) is 1. The summed E-state index contributed by atoms with van der Waals surface area (Å²) in [6.45, 7) is 1.81. The molecule has 2 heterocycles. The molecule has 0 spiro atoms. The van der Waals surface area contributed by atoms with Gasteiger partial charge in [-0.3, -0.25) is 0 Å². The summed E-state index contributed by atoms with van der Waals surface area (Å²) in [6, 6.07) is 1.38. The number of nitrogens with one attached hydrogen (secondary N) is 1. The Morgan fingerprint density at radius 3 is 3.18 bits per heavy atom. The number of imidazole rings is 1. The Bertz CT molecular complexity index is 393. The third kappa shape index (κ3) is 0.960. The molecule has 2 aromatic rings. The van der Waals surface area contributed by atoms with Gasteiger partial charge in [0, 0.05) is 6.07 Å². The molecule has 3 nitrogen and oxygen atoms in total. The van der Waals surface area contributed by atoms with Crippen LogP contribution in [0.3, 0.4) is 0 Å². The summed E-state index contributed by atoms with van der Waals surface area (Å²) in [5.74, 6) is 0.402. The number of nitrogens with zero attached hydrogens (tertiary/aromatic N) is 2. The van der Waals surface area contributed by atoms with Gasteiger partial charge in [-0.1, -0.05) is 0 Å². The quantitative estimate of drug-likeness (QED) is 0.618. The molecule has 2 rings (SSSR count). The van der Waals surface area contributed by atoms with E-state index in [0.29, 0.717) is 11.2 Å². The fourth-order valence-corrected chi connectivity index (χ4v) is 0.995. The van der Waals surface area contributed by atoms with E-state index in [1.807, 2.05) is 0 Å². The molecule has 0 unspecified atom stereocenters. The molecule has 0 aliphatic carbocycles. The molecule has 0 saturated heterocycles. The number of H-pyrrole nitrogens is 1. The van der Waals surface area contributed by atoms with E-state index in [4.69, 9.17) is 0 Å². The van der Waals surface area contributed by atoms with E-state index >= 15 is 0 Å². The van der Waals surface area contributed by atoms with E-state index in [9.17, 15) is 4.39 Å². The Labute approximate surface area is 62.3 Å². The molecule has 0 aliphatic heterocycles. The van der Waals surface area contributed by atoms with Gasteiger partial charge in [0.15, 0.2) is 5.65 Å². The van der Waals surface area contributed by atoms with E-state index in [2.05, 4.69) is 15.0 Å². The lowest BCUT2D eigenvalue weighted by atomic mass is 10.4. The zero-order valence-electron chi connectivity index (χ0n) is 5.93. The molecule has 4 heteroatoms. The number of fused-ring (bicyclic) bond motifs is 1. The van der Waals surface area contributed by atoms with Crippen LogP contribution in [-0.4, -0.2) is 15.0 Å². The zero-order valence-corrected chi connectivity index (χ0v) is 5.93. The van der Waals surface area contributed by atoms with Crippen LogP contribution in [0.25, 0.3) is 11.2 Å². The van der Waals surface area contributed by atoms with Gasteiger partial charge in [0.05, 0.1) is 11.7 Å². The molecule has 11 heavy (non-hydrogen) atoms. The Hall–Kier alpha value is -1.45. The van der Waals surface area contributed by atoms with Crippen LogP contribution in [0.5, 0.6) is 0 Å². The highest BCUT2D eigenvalue weighted by molar-refractivity contribution is 5.69. The molecule has 0 atom stereocenters. The predicted octanol–water partition coefficient (Wildman–Crippen LogP) is 1.41. The van der Waals surface area contributed by atoms with Crippen molar-refractivity contribution in [1.82, 2.24) is 15.0 Å². The monoisotopic (exact) mass is 151 g/mol. The van der Waals surface area contributed by atoms with Crippen LogP contribution in [0, 0.1) is 12.7 Å². The molecule has 0 radical (unpaired) electrons. The normalized spacial score (nSPS) is 10.7. The average molecular weight is 151 g/mol. The van der Waals surface area contributed by atoms with Gasteiger partial charge in [0.1, 0.15) is 11.6 Å². The van der Waals surface area contributed by atoms with Crippen molar-refractivity contribution < 1.29 is 4.39 Å². The van der Waals surface area contributed by atoms with Gasteiger partial charge in [-0.2, -0.15) is 0 Å². The van der Waals surface area contributed by atoms with Gasteiger partial charge in [0.2, 0.25) is 0 Å². The van der Waals surface area contributed by atoms with Crippen LogP contribution in [0.15, 0.2) is 12.3 Å². The second-order valence-electron chi connectivity index (χ2n) is 2.35. The lowest BCUT2D eigenvalue weighted by Gasteiger charge is -1.85. The molecule has 0 amide bonds. The minimum Gasteiger partial charge on any atom is -0.341 e. The fraction of sp³-hybridized carbons (Fsp3) is 0.143. The van der Waals surface area contributed by atoms with E-state index in [-0.39, 0.29) is 5.82 Å². The summed E-state index contributed by atoms with van der Waals surface area (Å²) in [7, 11) is 0. The number of aromatic amines is 1. The van der Waals surface area contributed by atoms with Crippen molar-refractivity contribution in [3.63, 3.8) is 0 Å². The van der Waals surface area contributed by atoms with Crippen LogP contribution in [0.2, 0.25) is 0 Å². The number of aryl methyl sites for hydroxylation is 1. The molecule has 0 aliphatic rings. The molecular formula is C7H6FN3. The summed E-state index contributed by atoms with van der Waals surface area (Å²) in [5, 5.41) is 0. The van der Waals surface area contributed by atoms with Crippen molar-refractivity contribution in [1.29, 1.82) is 0 Å². The minimum absolute atomic E-state index is 0.346. The van der Waals surface area contributed by atoms with Gasteiger partial charge in [0.25, 0.3) is 0 Å². The Morgan fingerprint density at radius 2 is 2.36 bits per heavy atom. The van der Waals surface area contributed by atoms with Gasteiger partial charge >= 0.3 is 0 Å². The summed E-state index contributed by atoms with van der Waals surface area (Å²) < 4.78 is 12.5. The molecule has 0 bridgehead atoms. The van der Waals surface area contributed by atoms with Crippen LogP contribution in [0.1, 0.15) is 5.82 Å². The Kier molecular flexibility index (Phi) is 1.15. The maximum Gasteiger partial charge on any atom is 0.177 e. The lowest BCUT2D eigenvalue weighted by Crippen LogP contribution is -1.78. The maximum atomic E-state index is 12.5. The lowest BCUT2D eigenvalue weighted by molar-refractivity contribution is 0.624. The molecule has 2 aromatic heterocycles. The minimum atomic E-state index is -0.346. The van der Waals surface area contributed by atoms with Crippen LogP contribution >= 0.6 is 0 Å². The standard InChI is InChI=1S/C7H6FN3/c1-4-10-6-2-5(8)3-9-7(6)11-4/h2-3H,1H3,(H,9,10,11). The van der Waals surface area contributed by atoms with Crippen LogP contribution in [0.4, 0.5) is 4.39 Å². The second kappa shape index (κ2) is 2.02. The van der Waals surface area contributed by atoms with Gasteiger partial charge in [-0.15, -0.1) is 0 Å². The number of halogens is 1. The first-order chi connectivity index (χ1) is 5.25. The zero-order chi connectivity index (χ0) is 7.84. The highest BCUT2D eigenvalue weighted by atomic mass is 19.1. The highest BCUT2D eigenvalue weighted by Crippen LogP contribution is 2.08. The van der Waals surface area contributed by atoms with Crippen LogP contribution in [-0.2, 0) is 0 Å². The molecule has 0 aromatic carbocycles. The predicted molar refractivity (Wildman–Crippen MR) is 38.6 cm³/mol. The van der Waals surface area contributed by atoms with Crippen molar-refractivity contribution in [2.75, 3.05) is 0 Å². The molecule has 0 saturated carbocycles. The average Bonchev–Trinajstić information content (AvgIpc) is 2.27. The summed E-state index contributed by atoms with van der Waals surface area (Å²) in [6.07, 6.45) is 1.16. The first kappa shape index (κ1) is 6.27. The van der Waals surface area contributed by atoms with Crippen molar-refractivity contribution >= 4 is 11.2 Å². The van der Waals surface area contributed by atoms with Crippen molar-refractivity contribution in [3.8, 4) is 0 Å². The van der Waals surface area contributed by atoms with Gasteiger partial charge in [-0.05, 0) is 6.92 Å². The third-order valence-corrected chi connectivity index (χ3v) is 1.42. The molecule has 0 fully saturated rings. The van der Waals surface area contributed by atoms with Crippen molar-refractivity contribution in [2.45, 2.75) is 6.92 Å². The van der Waals surface area contributed by atoms with Gasteiger partial charge < -0.3 is 4.98 Å². The van der Waals surface area contributed by atoms with E-state index in [1.165, 1.54) is 6.07 Å². The summed E-state index contributed by atoms with van der Waals surface area (Å²) in [4.78, 5) is 10.7. The highest BCUT2D eigenvalue weighted by Gasteiger charge is 2.00. The number of rotatable bonds is 0. The Morgan fingerprint density at radius 1 is 1.55 bits per heavy atom. The molecule has 56 valence electrons. The molecular weight excluding hydrogens is 145 g/mol.